The minimum absolute atomic E-state index is 0.0456. The third kappa shape index (κ3) is 9.39. The Hall–Kier alpha value is -5.51. The van der Waals surface area contributed by atoms with Gasteiger partial charge < -0.3 is 35.4 Å². The van der Waals surface area contributed by atoms with Crippen molar-refractivity contribution in [2.75, 3.05) is 6.61 Å². The summed E-state index contributed by atoms with van der Waals surface area (Å²) in [5, 5.41) is 63.9. The van der Waals surface area contributed by atoms with E-state index >= 15 is 0 Å². The Morgan fingerprint density at radius 1 is 0.529 bits per heavy atom. The first-order chi connectivity index (χ1) is 24.4. The third-order valence-electron chi connectivity index (χ3n) is 9.24. The van der Waals surface area contributed by atoms with Gasteiger partial charge in [0.1, 0.15) is 23.0 Å². The lowest BCUT2D eigenvalue weighted by molar-refractivity contribution is -0.137. The quantitative estimate of drug-likeness (QED) is 0.0724. The minimum Gasteiger partial charge on any atom is -0.507 e. The summed E-state index contributed by atoms with van der Waals surface area (Å²) in [5.41, 5.74) is 4.97. The number of benzene rings is 4. The van der Waals surface area contributed by atoms with E-state index in [1.54, 1.807) is 36.4 Å². The molecule has 0 aliphatic heterocycles. The van der Waals surface area contributed by atoms with Gasteiger partial charge in [-0.15, -0.1) is 0 Å². The Morgan fingerprint density at radius 2 is 0.863 bits per heavy atom. The van der Waals surface area contributed by atoms with Gasteiger partial charge in [0.15, 0.2) is 0 Å². The fourth-order valence-electron chi connectivity index (χ4n) is 6.94. The first kappa shape index (κ1) is 36.8. The number of aromatic hydroxyl groups is 3. The second-order valence-corrected chi connectivity index (χ2v) is 13.4. The average Bonchev–Trinajstić information content (AvgIpc) is 3.05. The molecule has 10 nitrogen and oxygen atoms in total. The van der Waals surface area contributed by atoms with Gasteiger partial charge in [0.2, 0.25) is 0 Å². The molecule has 0 spiro atoms. The van der Waals surface area contributed by atoms with Crippen LogP contribution in [0.25, 0.3) is 0 Å². The topological polar surface area (TPSA) is 182 Å². The number of hydrogen-bond acceptors (Lipinski definition) is 7. The molecule has 1 aliphatic carbocycles. The number of para-hydroxylation sites is 1. The summed E-state index contributed by atoms with van der Waals surface area (Å²) in [7, 11) is 0. The number of hydrogen-bond donors (Lipinski definition) is 6. The van der Waals surface area contributed by atoms with E-state index in [4.69, 9.17) is 4.74 Å². The van der Waals surface area contributed by atoms with E-state index in [0.717, 1.165) is 43.2 Å². The molecule has 0 saturated carbocycles. The summed E-state index contributed by atoms with van der Waals surface area (Å²) < 4.78 is 6.47. The number of phenols is 3. The molecule has 51 heavy (non-hydrogen) atoms. The molecule has 268 valence electrons. The maximum absolute atomic E-state index is 11.8. The first-order valence-electron chi connectivity index (χ1n) is 17.3. The van der Waals surface area contributed by atoms with Crippen molar-refractivity contribution in [1.29, 1.82) is 0 Å². The number of unbranched alkanes of at least 4 members (excludes halogenated alkanes) is 4. The molecule has 0 heterocycles. The van der Waals surface area contributed by atoms with Gasteiger partial charge in [0.25, 0.3) is 0 Å². The molecule has 5 rings (SSSR count). The molecule has 0 fully saturated rings. The molecule has 0 unspecified atom stereocenters. The number of ether oxygens (including phenoxy) is 1. The molecule has 0 atom stereocenters. The van der Waals surface area contributed by atoms with E-state index in [-0.39, 0.29) is 62.2 Å². The van der Waals surface area contributed by atoms with Gasteiger partial charge >= 0.3 is 17.9 Å². The number of rotatable bonds is 13. The van der Waals surface area contributed by atoms with Crippen molar-refractivity contribution in [2.45, 2.75) is 84.0 Å². The molecule has 4 aromatic carbocycles. The van der Waals surface area contributed by atoms with E-state index < -0.39 is 17.9 Å². The number of carboxylic acids is 3. The zero-order chi connectivity index (χ0) is 36.7. The molecule has 1 aliphatic rings. The second-order valence-electron chi connectivity index (χ2n) is 13.4. The smallest absolute Gasteiger partial charge is 0.307 e. The normalized spacial score (nSPS) is 12.3. The predicted octanol–water partition coefficient (Wildman–Crippen LogP) is 6.71. The van der Waals surface area contributed by atoms with Crippen molar-refractivity contribution in [2.24, 2.45) is 0 Å². The highest BCUT2D eigenvalue weighted by Crippen LogP contribution is 2.39. The Balaban J connectivity index is 1.73. The largest absolute Gasteiger partial charge is 0.507 e. The predicted molar refractivity (Wildman–Crippen MR) is 190 cm³/mol. The fourth-order valence-corrected chi connectivity index (χ4v) is 6.94. The highest BCUT2D eigenvalue weighted by atomic mass is 16.5. The van der Waals surface area contributed by atoms with Crippen LogP contribution in [0.3, 0.4) is 0 Å². The van der Waals surface area contributed by atoms with Gasteiger partial charge in [0.05, 0.1) is 25.9 Å². The van der Waals surface area contributed by atoms with Crippen LogP contribution in [0.15, 0.2) is 54.6 Å². The maximum Gasteiger partial charge on any atom is 0.307 e. The molecule has 0 saturated heterocycles. The molecule has 0 amide bonds. The number of fused-ring (bicyclic) bond motifs is 8. The van der Waals surface area contributed by atoms with E-state index in [2.05, 4.69) is 6.92 Å². The van der Waals surface area contributed by atoms with Gasteiger partial charge in [-0.25, -0.2) is 0 Å². The second kappa shape index (κ2) is 16.5. The van der Waals surface area contributed by atoms with Gasteiger partial charge in [-0.3, -0.25) is 14.4 Å². The zero-order valence-corrected chi connectivity index (χ0v) is 28.7. The summed E-state index contributed by atoms with van der Waals surface area (Å²) >= 11 is 0. The van der Waals surface area contributed by atoms with Gasteiger partial charge in [-0.2, -0.15) is 0 Å². The van der Waals surface area contributed by atoms with Crippen LogP contribution >= 0.6 is 0 Å². The van der Waals surface area contributed by atoms with Crippen LogP contribution in [0.4, 0.5) is 0 Å². The van der Waals surface area contributed by atoms with Crippen molar-refractivity contribution < 1.29 is 49.8 Å². The molecular weight excluding hydrogens is 652 g/mol. The summed E-state index contributed by atoms with van der Waals surface area (Å²) in [4.78, 5) is 35.4. The summed E-state index contributed by atoms with van der Waals surface area (Å²) in [6, 6.07) is 15.2. The van der Waals surface area contributed by atoms with Crippen molar-refractivity contribution >= 4 is 17.9 Å². The van der Waals surface area contributed by atoms with Gasteiger partial charge in [-0.1, -0.05) is 87.2 Å². The lowest BCUT2D eigenvalue weighted by atomic mass is 9.88. The van der Waals surface area contributed by atoms with Crippen LogP contribution in [0.5, 0.6) is 23.0 Å². The summed E-state index contributed by atoms with van der Waals surface area (Å²) in [5.74, 6) is -2.94. The Bertz CT molecular complexity index is 1830. The molecular formula is C41H44O10. The van der Waals surface area contributed by atoms with E-state index in [9.17, 15) is 45.0 Å². The number of carbonyl (C=O) groups is 3. The van der Waals surface area contributed by atoms with Crippen molar-refractivity contribution in [3.63, 3.8) is 0 Å². The van der Waals surface area contributed by atoms with Crippen LogP contribution < -0.4 is 4.74 Å². The van der Waals surface area contributed by atoms with Crippen LogP contribution in [0.2, 0.25) is 0 Å². The highest BCUT2D eigenvalue weighted by molar-refractivity contribution is 5.72. The molecule has 8 bridgehead atoms. The monoisotopic (exact) mass is 696 g/mol. The van der Waals surface area contributed by atoms with Crippen LogP contribution in [0.1, 0.15) is 100 Å². The molecule has 6 N–H and O–H groups in total. The van der Waals surface area contributed by atoms with E-state index in [0.29, 0.717) is 62.4 Å². The average molecular weight is 697 g/mol. The van der Waals surface area contributed by atoms with Crippen LogP contribution in [0, 0.1) is 0 Å². The first-order valence-corrected chi connectivity index (χ1v) is 17.3. The Labute approximate surface area is 296 Å². The van der Waals surface area contributed by atoms with Crippen LogP contribution in [-0.2, 0) is 59.3 Å². The molecule has 10 heteroatoms. The molecule has 0 aromatic heterocycles. The zero-order valence-electron chi connectivity index (χ0n) is 28.7. The summed E-state index contributed by atoms with van der Waals surface area (Å²) in [6.45, 7) is 2.59. The third-order valence-corrected chi connectivity index (χ3v) is 9.24. The Morgan fingerprint density at radius 3 is 1.20 bits per heavy atom. The van der Waals surface area contributed by atoms with Crippen molar-refractivity contribution in [1.82, 2.24) is 0 Å². The lowest BCUT2D eigenvalue weighted by Crippen LogP contribution is -2.08. The lowest BCUT2D eigenvalue weighted by Gasteiger charge is -2.21. The van der Waals surface area contributed by atoms with Gasteiger partial charge in [-0.05, 0) is 67.6 Å². The molecule has 0 radical (unpaired) electrons. The minimum atomic E-state index is -1.10. The van der Waals surface area contributed by atoms with Crippen molar-refractivity contribution in [3.8, 4) is 23.0 Å². The van der Waals surface area contributed by atoms with Crippen molar-refractivity contribution in [3.05, 3.63) is 116 Å². The SMILES string of the molecule is CCCCCCCOc1c2cccc1Cc1cc(CC(=O)O)cc(c1O)Cc1cc(CC(=O)O)cc(c1O)Cc1cc(CC(=O)O)cc(c1O)C2. The standard InChI is InChI=1S/C41H44O10/c1-2-3-4-5-6-10-51-41-27-8-7-9-28(41)21-30-12-25(18-36(44)45)14-32(39(30)49)23-34-16-26(19-37(46)47)15-33(40(34)50)22-31-13-24(17-35(42)43)11-29(20-27)38(31)48/h7-9,11-16,48-50H,2-6,10,17-23H2,1H3,(H,42,43)(H,44,45)(H,46,47). The Kier molecular flexibility index (Phi) is 11.9. The summed E-state index contributed by atoms with van der Waals surface area (Å²) in [6.07, 6.45) is 4.46. The molecule has 4 aromatic rings. The highest BCUT2D eigenvalue weighted by Gasteiger charge is 2.22. The van der Waals surface area contributed by atoms with Crippen LogP contribution in [-0.4, -0.2) is 55.2 Å². The van der Waals surface area contributed by atoms with E-state index in [1.807, 2.05) is 18.2 Å². The van der Waals surface area contributed by atoms with Gasteiger partial charge in [0, 0.05) is 25.7 Å². The maximum atomic E-state index is 11.8. The number of phenolic OH excluding ortho intramolecular Hbond substituents is 3. The number of carboxylic acid groups (broad SMARTS) is 3. The van der Waals surface area contributed by atoms with E-state index in [1.165, 1.54) is 0 Å². The fraction of sp³-hybridized carbons (Fsp3) is 0.341. The number of aliphatic carboxylic acids is 3.